The molecule has 0 saturated carbocycles. The van der Waals surface area contributed by atoms with Gasteiger partial charge >= 0.3 is 11.9 Å². The molecule has 0 aliphatic heterocycles. The van der Waals surface area contributed by atoms with Gasteiger partial charge in [0.2, 0.25) is 0 Å². The van der Waals surface area contributed by atoms with E-state index < -0.39 is 18.0 Å². The van der Waals surface area contributed by atoms with Crippen LogP contribution in [-0.4, -0.2) is 46.2 Å². The summed E-state index contributed by atoms with van der Waals surface area (Å²) in [5, 5.41) is 17.9. The first-order chi connectivity index (χ1) is 7.75. The Morgan fingerprint density at radius 1 is 1.12 bits per heavy atom. The summed E-state index contributed by atoms with van der Waals surface area (Å²) in [5.41, 5.74) is 0. The third-order valence-corrected chi connectivity index (χ3v) is 2.49. The topological polar surface area (TPSA) is 77.8 Å². The second-order valence-corrected chi connectivity index (χ2v) is 5.06. The number of aliphatic carboxylic acids is 2. The maximum atomic E-state index is 11.2. The first-order valence-electron chi connectivity index (χ1n) is 5.94. The van der Waals surface area contributed by atoms with Gasteiger partial charge < -0.3 is 10.2 Å². The highest BCUT2D eigenvalue weighted by Crippen LogP contribution is 2.14. The average Bonchev–Trinajstić information content (AvgIpc) is 2.11. The molecule has 1 atom stereocenters. The maximum Gasteiger partial charge on any atom is 0.321 e. The average molecular weight is 245 g/mol. The first-order valence-corrected chi connectivity index (χ1v) is 5.94. The number of carboxylic acid groups (broad SMARTS) is 2. The van der Waals surface area contributed by atoms with Gasteiger partial charge in [0, 0.05) is 13.1 Å². The van der Waals surface area contributed by atoms with E-state index in [9.17, 15) is 14.7 Å². The minimum atomic E-state index is -0.897. The summed E-state index contributed by atoms with van der Waals surface area (Å²) >= 11 is 0. The molecule has 1 unspecified atom stereocenters. The van der Waals surface area contributed by atoms with Crippen LogP contribution in [0.15, 0.2) is 0 Å². The molecular formula is C12H23NO4. The van der Waals surface area contributed by atoms with Gasteiger partial charge in [-0.1, -0.05) is 27.7 Å². The Morgan fingerprint density at radius 2 is 1.65 bits per heavy atom. The van der Waals surface area contributed by atoms with Gasteiger partial charge in [-0.2, -0.15) is 0 Å². The lowest BCUT2D eigenvalue weighted by Crippen LogP contribution is -2.47. The Balaban J connectivity index is 4.72. The highest BCUT2D eigenvalue weighted by Gasteiger charge is 2.29. The van der Waals surface area contributed by atoms with Crippen LogP contribution in [0.1, 0.15) is 34.1 Å². The van der Waals surface area contributed by atoms with Gasteiger partial charge in [0.25, 0.3) is 0 Å². The van der Waals surface area contributed by atoms with Gasteiger partial charge in [-0.05, 0) is 11.8 Å². The number of hydrogen-bond acceptors (Lipinski definition) is 3. The normalized spacial score (nSPS) is 13.4. The van der Waals surface area contributed by atoms with Crippen LogP contribution in [0.5, 0.6) is 0 Å². The molecule has 0 aromatic rings. The van der Waals surface area contributed by atoms with Crippen molar-refractivity contribution in [1.82, 2.24) is 4.90 Å². The van der Waals surface area contributed by atoms with Crippen molar-refractivity contribution < 1.29 is 19.8 Å². The molecule has 0 rings (SSSR count). The van der Waals surface area contributed by atoms with E-state index in [0.717, 1.165) is 0 Å². The lowest BCUT2D eigenvalue weighted by molar-refractivity contribution is -0.147. The van der Waals surface area contributed by atoms with Crippen LogP contribution in [0.4, 0.5) is 0 Å². The van der Waals surface area contributed by atoms with Crippen LogP contribution in [0.25, 0.3) is 0 Å². The third kappa shape index (κ3) is 6.26. The fraction of sp³-hybridized carbons (Fsp3) is 0.833. The summed E-state index contributed by atoms with van der Waals surface area (Å²) in [6.45, 7) is 8.55. The first kappa shape index (κ1) is 15.9. The van der Waals surface area contributed by atoms with E-state index in [1.807, 2.05) is 27.7 Å². The van der Waals surface area contributed by atoms with E-state index in [4.69, 9.17) is 5.11 Å². The van der Waals surface area contributed by atoms with Gasteiger partial charge in [-0.3, -0.25) is 14.5 Å². The Morgan fingerprint density at radius 3 is 1.94 bits per heavy atom. The van der Waals surface area contributed by atoms with Crippen molar-refractivity contribution in [2.75, 3.05) is 13.1 Å². The molecule has 0 amide bonds. The Bertz CT molecular complexity index is 263. The molecule has 0 aliphatic carbocycles. The number of carboxylic acids is 2. The lowest BCUT2D eigenvalue weighted by atomic mass is 10.0. The van der Waals surface area contributed by atoms with Crippen molar-refractivity contribution in [2.24, 2.45) is 11.8 Å². The van der Waals surface area contributed by atoms with Gasteiger partial charge in [0.15, 0.2) is 0 Å². The quantitative estimate of drug-likeness (QED) is 0.678. The lowest BCUT2D eigenvalue weighted by Gasteiger charge is -2.32. The van der Waals surface area contributed by atoms with Crippen molar-refractivity contribution >= 4 is 11.9 Å². The summed E-state index contributed by atoms with van der Waals surface area (Å²) in [6.07, 6.45) is -0.0246. The predicted molar refractivity (Wildman–Crippen MR) is 64.9 cm³/mol. The van der Waals surface area contributed by atoms with Crippen LogP contribution in [0, 0.1) is 11.8 Å². The van der Waals surface area contributed by atoms with E-state index in [2.05, 4.69) is 0 Å². The minimum absolute atomic E-state index is 0.0246. The van der Waals surface area contributed by atoms with Crippen LogP contribution < -0.4 is 0 Å². The molecule has 2 N–H and O–H groups in total. The van der Waals surface area contributed by atoms with Crippen molar-refractivity contribution in [3.63, 3.8) is 0 Å². The van der Waals surface area contributed by atoms with E-state index in [1.54, 1.807) is 4.90 Å². The summed E-state index contributed by atoms with van der Waals surface area (Å²) in [5.74, 6) is -1.51. The monoisotopic (exact) mass is 245 g/mol. The number of nitrogens with zero attached hydrogens (tertiary/aromatic N) is 1. The molecule has 0 fully saturated rings. The van der Waals surface area contributed by atoms with Crippen molar-refractivity contribution in [1.29, 1.82) is 0 Å². The zero-order valence-electron chi connectivity index (χ0n) is 11.0. The minimum Gasteiger partial charge on any atom is -0.481 e. The SMILES string of the molecule is CC(C)CN(CCC(=O)O)C(C(=O)O)C(C)C. The van der Waals surface area contributed by atoms with Gasteiger partial charge in [0.1, 0.15) is 6.04 Å². The molecule has 0 spiro atoms. The van der Waals surface area contributed by atoms with E-state index in [-0.39, 0.29) is 18.9 Å². The Kier molecular flexibility index (Phi) is 6.80. The van der Waals surface area contributed by atoms with E-state index in [0.29, 0.717) is 12.5 Å². The summed E-state index contributed by atoms with van der Waals surface area (Å²) in [4.78, 5) is 23.6. The van der Waals surface area contributed by atoms with Crippen molar-refractivity contribution in [3.05, 3.63) is 0 Å². The molecule has 100 valence electrons. The molecule has 0 bridgehead atoms. The van der Waals surface area contributed by atoms with Crippen LogP contribution in [0.3, 0.4) is 0 Å². The second-order valence-electron chi connectivity index (χ2n) is 5.06. The van der Waals surface area contributed by atoms with Crippen LogP contribution >= 0.6 is 0 Å². The van der Waals surface area contributed by atoms with Crippen molar-refractivity contribution in [3.8, 4) is 0 Å². The third-order valence-electron chi connectivity index (χ3n) is 2.49. The predicted octanol–water partition coefficient (Wildman–Crippen LogP) is 1.53. The standard InChI is InChI=1S/C12H23NO4/c1-8(2)7-13(6-5-10(14)15)11(9(3)4)12(16)17/h8-9,11H,5-7H2,1-4H3,(H,14,15)(H,16,17). The van der Waals surface area contributed by atoms with Gasteiger partial charge in [0.05, 0.1) is 6.42 Å². The molecule has 0 aromatic heterocycles. The van der Waals surface area contributed by atoms with E-state index >= 15 is 0 Å². The molecule has 0 radical (unpaired) electrons. The fourth-order valence-corrected chi connectivity index (χ4v) is 1.92. The Hall–Kier alpha value is -1.10. The maximum absolute atomic E-state index is 11.2. The van der Waals surface area contributed by atoms with Crippen molar-refractivity contribution in [2.45, 2.75) is 40.2 Å². The van der Waals surface area contributed by atoms with Crippen LogP contribution in [0.2, 0.25) is 0 Å². The fourth-order valence-electron chi connectivity index (χ4n) is 1.92. The zero-order chi connectivity index (χ0) is 13.6. The summed E-state index contributed by atoms with van der Waals surface area (Å²) in [7, 11) is 0. The highest BCUT2D eigenvalue weighted by atomic mass is 16.4. The number of hydrogen-bond donors (Lipinski definition) is 2. The zero-order valence-corrected chi connectivity index (χ0v) is 11.0. The highest BCUT2D eigenvalue weighted by molar-refractivity contribution is 5.74. The molecule has 0 aliphatic rings. The smallest absolute Gasteiger partial charge is 0.321 e. The molecule has 5 heteroatoms. The molecule has 5 nitrogen and oxygen atoms in total. The van der Waals surface area contributed by atoms with Gasteiger partial charge in [-0.15, -0.1) is 0 Å². The molecule has 0 saturated heterocycles. The molecule has 0 aromatic carbocycles. The number of rotatable bonds is 8. The molecule has 0 heterocycles. The second kappa shape index (κ2) is 7.27. The molecule has 17 heavy (non-hydrogen) atoms. The largest absolute Gasteiger partial charge is 0.481 e. The number of carbonyl (C=O) groups is 2. The summed E-state index contributed by atoms with van der Waals surface area (Å²) < 4.78 is 0. The molecular weight excluding hydrogens is 222 g/mol. The summed E-state index contributed by atoms with van der Waals surface area (Å²) in [6, 6.07) is -0.614. The van der Waals surface area contributed by atoms with Gasteiger partial charge in [-0.25, -0.2) is 0 Å². The Labute approximate surface area is 102 Å². The van der Waals surface area contributed by atoms with Crippen LogP contribution in [-0.2, 0) is 9.59 Å². The van der Waals surface area contributed by atoms with E-state index in [1.165, 1.54) is 0 Å².